The number of amides is 2. The molecular weight excluding hydrogens is 360 g/mol. The molecule has 0 radical (unpaired) electrons. The molecule has 1 unspecified atom stereocenters. The van der Waals surface area contributed by atoms with Gasteiger partial charge in [0.2, 0.25) is 11.8 Å². The summed E-state index contributed by atoms with van der Waals surface area (Å²) in [6.45, 7) is 5.23. The number of carbonyl (C=O) groups excluding carboxylic acids is 2. The van der Waals surface area contributed by atoms with Gasteiger partial charge in [-0.1, -0.05) is 18.2 Å². The molecule has 0 aliphatic carbocycles. The highest BCUT2D eigenvalue weighted by atomic mass is 32.2. The van der Waals surface area contributed by atoms with Gasteiger partial charge < -0.3 is 15.1 Å². The predicted octanol–water partition coefficient (Wildman–Crippen LogP) is 0.815. The highest BCUT2D eigenvalue weighted by Crippen LogP contribution is 2.27. The largest absolute Gasteiger partial charge is 0.340 e. The molecule has 0 spiro atoms. The summed E-state index contributed by atoms with van der Waals surface area (Å²) >= 11 is 1.92. The van der Waals surface area contributed by atoms with Gasteiger partial charge in [-0.05, 0) is 18.1 Å². The summed E-state index contributed by atoms with van der Waals surface area (Å²) in [6.07, 6.45) is 1.54. The van der Waals surface area contributed by atoms with Crippen LogP contribution < -0.4 is 10.2 Å². The van der Waals surface area contributed by atoms with Crippen molar-refractivity contribution in [2.75, 3.05) is 62.2 Å². The number of hydrogen-bond acceptors (Lipinski definition) is 5. The molecule has 4 rings (SSSR count). The van der Waals surface area contributed by atoms with E-state index in [0.717, 1.165) is 62.9 Å². The first-order chi connectivity index (χ1) is 13.2. The zero-order valence-electron chi connectivity index (χ0n) is 15.7. The van der Waals surface area contributed by atoms with E-state index < -0.39 is 0 Å². The van der Waals surface area contributed by atoms with E-state index in [1.54, 1.807) is 0 Å². The van der Waals surface area contributed by atoms with Gasteiger partial charge in [-0.3, -0.25) is 14.5 Å². The molecule has 27 heavy (non-hydrogen) atoms. The van der Waals surface area contributed by atoms with Gasteiger partial charge in [0.15, 0.2) is 0 Å². The average molecular weight is 389 g/mol. The zero-order chi connectivity index (χ0) is 18.6. The number of para-hydroxylation sites is 1. The minimum atomic E-state index is 0.170. The van der Waals surface area contributed by atoms with Crippen molar-refractivity contribution in [2.45, 2.75) is 18.9 Å². The van der Waals surface area contributed by atoms with Crippen molar-refractivity contribution in [3.63, 3.8) is 0 Å². The first-order valence-electron chi connectivity index (χ1n) is 9.90. The van der Waals surface area contributed by atoms with Gasteiger partial charge in [0.25, 0.3) is 0 Å². The Morgan fingerprint density at radius 3 is 2.67 bits per heavy atom. The van der Waals surface area contributed by atoms with Crippen LogP contribution in [-0.4, -0.2) is 85.0 Å². The van der Waals surface area contributed by atoms with Gasteiger partial charge in [-0.15, -0.1) is 0 Å². The van der Waals surface area contributed by atoms with E-state index in [1.807, 2.05) is 39.8 Å². The Morgan fingerprint density at radius 1 is 1.07 bits per heavy atom. The second kappa shape index (κ2) is 8.63. The number of piperazine rings is 1. The van der Waals surface area contributed by atoms with Crippen molar-refractivity contribution < 1.29 is 9.59 Å². The van der Waals surface area contributed by atoms with Crippen LogP contribution in [0.3, 0.4) is 0 Å². The summed E-state index contributed by atoms with van der Waals surface area (Å²) < 4.78 is 0. The van der Waals surface area contributed by atoms with Crippen molar-refractivity contribution in [3.8, 4) is 0 Å². The zero-order valence-corrected chi connectivity index (χ0v) is 16.5. The fraction of sp³-hybridized carbons (Fsp3) is 0.600. The minimum Gasteiger partial charge on any atom is -0.340 e. The SMILES string of the molecule is O=C(CC1CSCCN1)N1CCN(CC(=O)N2CCc3ccccc32)CC1. The van der Waals surface area contributed by atoms with Gasteiger partial charge in [0, 0.05) is 68.9 Å². The van der Waals surface area contributed by atoms with Crippen LogP contribution >= 0.6 is 11.8 Å². The molecule has 0 saturated carbocycles. The highest BCUT2D eigenvalue weighted by molar-refractivity contribution is 7.99. The van der Waals surface area contributed by atoms with Gasteiger partial charge in [-0.2, -0.15) is 11.8 Å². The molecule has 1 aromatic rings. The third-order valence-corrected chi connectivity index (χ3v) is 6.82. The maximum absolute atomic E-state index is 12.7. The summed E-state index contributed by atoms with van der Waals surface area (Å²) in [6, 6.07) is 8.48. The Labute approximate surface area is 165 Å². The number of fused-ring (bicyclic) bond motifs is 1. The van der Waals surface area contributed by atoms with Crippen molar-refractivity contribution in [1.82, 2.24) is 15.1 Å². The molecule has 6 nitrogen and oxygen atoms in total. The predicted molar refractivity (Wildman–Crippen MR) is 109 cm³/mol. The molecule has 1 aromatic carbocycles. The third kappa shape index (κ3) is 4.47. The maximum atomic E-state index is 12.7. The molecular formula is C20H28N4O2S. The van der Waals surface area contributed by atoms with Crippen LogP contribution in [0.5, 0.6) is 0 Å². The van der Waals surface area contributed by atoms with E-state index >= 15 is 0 Å². The second-order valence-electron chi connectivity index (χ2n) is 7.51. The minimum absolute atomic E-state index is 0.170. The molecule has 3 aliphatic heterocycles. The number of thioether (sulfide) groups is 1. The molecule has 2 amide bonds. The lowest BCUT2D eigenvalue weighted by molar-refractivity contribution is -0.133. The van der Waals surface area contributed by atoms with Gasteiger partial charge in [-0.25, -0.2) is 0 Å². The number of anilines is 1. The van der Waals surface area contributed by atoms with Crippen LogP contribution in [0.2, 0.25) is 0 Å². The number of carbonyl (C=O) groups is 2. The average Bonchev–Trinajstić information content (AvgIpc) is 3.13. The van der Waals surface area contributed by atoms with Crippen LogP contribution in [-0.2, 0) is 16.0 Å². The number of nitrogens with one attached hydrogen (secondary N) is 1. The van der Waals surface area contributed by atoms with Gasteiger partial charge in [0.05, 0.1) is 6.54 Å². The standard InChI is InChI=1S/C20H28N4O2S/c25-19(13-17-15-27-12-6-21-17)23-10-8-22(9-11-23)14-20(26)24-7-5-16-3-1-2-4-18(16)24/h1-4,17,21H,5-15H2. The van der Waals surface area contributed by atoms with Crippen molar-refractivity contribution >= 4 is 29.3 Å². The number of rotatable bonds is 4. The summed E-state index contributed by atoms with van der Waals surface area (Å²) in [7, 11) is 0. The van der Waals surface area contributed by atoms with E-state index in [9.17, 15) is 9.59 Å². The monoisotopic (exact) mass is 388 g/mol. The summed E-state index contributed by atoms with van der Waals surface area (Å²) in [5.41, 5.74) is 2.32. The lowest BCUT2D eigenvalue weighted by Crippen LogP contribution is -2.52. The van der Waals surface area contributed by atoms with E-state index in [0.29, 0.717) is 19.0 Å². The molecule has 3 heterocycles. The smallest absolute Gasteiger partial charge is 0.241 e. The Kier molecular flexibility index (Phi) is 6.00. The Bertz CT molecular complexity index is 684. The van der Waals surface area contributed by atoms with Crippen LogP contribution in [0.1, 0.15) is 12.0 Å². The first kappa shape index (κ1) is 18.8. The van der Waals surface area contributed by atoms with Crippen LogP contribution in [0.15, 0.2) is 24.3 Å². The molecule has 2 saturated heterocycles. The molecule has 0 aromatic heterocycles. The maximum Gasteiger partial charge on any atom is 0.241 e. The Hall–Kier alpha value is -1.57. The lowest BCUT2D eigenvalue weighted by atomic mass is 10.2. The molecule has 0 bridgehead atoms. The quantitative estimate of drug-likeness (QED) is 0.828. The molecule has 1 N–H and O–H groups in total. The number of benzene rings is 1. The van der Waals surface area contributed by atoms with Crippen molar-refractivity contribution in [3.05, 3.63) is 29.8 Å². The van der Waals surface area contributed by atoms with Crippen LogP contribution in [0.25, 0.3) is 0 Å². The summed E-state index contributed by atoms with van der Waals surface area (Å²) in [4.78, 5) is 31.3. The molecule has 146 valence electrons. The molecule has 1 atom stereocenters. The van der Waals surface area contributed by atoms with E-state index in [2.05, 4.69) is 16.3 Å². The first-order valence-corrected chi connectivity index (χ1v) is 11.1. The van der Waals surface area contributed by atoms with E-state index in [1.165, 1.54) is 5.56 Å². The fourth-order valence-electron chi connectivity index (χ4n) is 4.12. The van der Waals surface area contributed by atoms with E-state index in [4.69, 9.17) is 0 Å². The molecule has 3 aliphatic rings. The van der Waals surface area contributed by atoms with E-state index in [-0.39, 0.29) is 11.8 Å². The highest BCUT2D eigenvalue weighted by Gasteiger charge is 2.28. The molecule has 2 fully saturated rings. The lowest BCUT2D eigenvalue weighted by Gasteiger charge is -2.36. The van der Waals surface area contributed by atoms with Crippen LogP contribution in [0.4, 0.5) is 5.69 Å². The third-order valence-electron chi connectivity index (χ3n) is 5.69. The Morgan fingerprint density at radius 2 is 1.89 bits per heavy atom. The fourth-order valence-corrected chi connectivity index (χ4v) is 5.07. The van der Waals surface area contributed by atoms with Crippen molar-refractivity contribution in [1.29, 1.82) is 0 Å². The summed E-state index contributed by atoms with van der Waals surface area (Å²) in [5.74, 6) is 2.58. The second-order valence-corrected chi connectivity index (χ2v) is 8.66. The van der Waals surface area contributed by atoms with Gasteiger partial charge >= 0.3 is 0 Å². The number of hydrogen-bond donors (Lipinski definition) is 1. The summed E-state index contributed by atoms with van der Waals surface area (Å²) in [5, 5.41) is 3.43. The van der Waals surface area contributed by atoms with Gasteiger partial charge in [0.1, 0.15) is 0 Å². The topological polar surface area (TPSA) is 55.9 Å². The molecule has 7 heteroatoms. The normalized spacial score (nSPS) is 23.3. The Balaban J connectivity index is 1.24. The van der Waals surface area contributed by atoms with Crippen molar-refractivity contribution in [2.24, 2.45) is 0 Å². The number of nitrogens with zero attached hydrogens (tertiary/aromatic N) is 3. The van der Waals surface area contributed by atoms with Crippen LogP contribution in [0, 0.1) is 0 Å².